The van der Waals surface area contributed by atoms with Crippen molar-refractivity contribution >= 4 is 21.9 Å². The molecule has 0 saturated carbocycles. The number of aryl methyl sites for hydroxylation is 1. The number of benzene rings is 3. The number of nitrogens with zero attached hydrogens (tertiary/aromatic N) is 3. The molecule has 1 aromatic heterocycles. The molecule has 0 unspecified atom stereocenters. The summed E-state index contributed by atoms with van der Waals surface area (Å²) >= 11 is 0. The summed E-state index contributed by atoms with van der Waals surface area (Å²) in [7, 11) is -4.03. The lowest BCUT2D eigenvalue weighted by Crippen LogP contribution is -2.18. The van der Waals surface area contributed by atoms with Gasteiger partial charge in [-0.15, -0.1) is 9.19 Å². The third kappa shape index (κ3) is 5.35. The van der Waals surface area contributed by atoms with Gasteiger partial charge in [-0.25, -0.2) is 8.78 Å². The number of hydrogen-bond donors (Lipinski definition) is 2. The summed E-state index contributed by atoms with van der Waals surface area (Å²) in [5.41, 5.74) is 2.43. The van der Waals surface area contributed by atoms with Gasteiger partial charge in [0.1, 0.15) is 11.6 Å². The largest absolute Gasteiger partial charge is 0.349 e. The SMILES string of the molecule is Cc1ccc(S(=O)(=O)n2nc(NCc3ccc(F)cc3)nc2NCc2ccc(F)cc2)cc1. The van der Waals surface area contributed by atoms with E-state index in [1.165, 1.54) is 36.4 Å². The molecule has 0 fully saturated rings. The highest BCUT2D eigenvalue weighted by molar-refractivity contribution is 7.90. The summed E-state index contributed by atoms with van der Waals surface area (Å²) in [6.07, 6.45) is 0. The molecule has 0 amide bonds. The number of aromatic nitrogens is 3. The predicted octanol–water partition coefficient (Wildman–Crippen LogP) is 4.33. The van der Waals surface area contributed by atoms with Gasteiger partial charge in [-0.05, 0) is 54.4 Å². The van der Waals surface area contributed by atoms with Crippen molar-refractivity contribution in [1.82, 2.24) is 14.2 Å². The minimum absolute atomic E-state index is 0.00139. The van der Waals surface area contributed by atoms with Gasteiger partial charge in [-0.1, -0.05) is 42.0 Å². The van der Waals surface area contributed by atoms with Crippen LogP contribution in [-0.4, -0.2) is 22.6 Å². The van der Waals surface area contributed by atoms with Gasteiger partial charge < -0.3 is 10.6 Å². The van der Waals surface area contributed by atoms with Crippen LogP contribution in [0.5, 0.6) is 0 Å². The third-order valence-electron chi connectivity index (χ3n) is 4.85. The normalized spacial score (nSPS) is 11.4. The van der Waals surface area contributed by atoms with E-state index < -0.39 is 10.0 Å². The monoisotopic (exact) mass is 469 g/mol. The second-order valence-corrected chi connectivity index (χ2v) is 9.15. The Kier molecular flexibility index (Phi) is 6.36. The molecule has 1 heterocycles. The Hall–Kier alpha value is -3.79. The van der Waals surface area contributed by atoms with Gasteiger partial charge in [0.25, 0.3) is 10.0 Å². The summed E-state index contributed by atoms with van der Waals surface area (Å²) in [6.45, 7) is 2.34. The van der Waals surface area contributed by atoms with E-state index in [2.05, 4.69) is 20.7 Å². The lowest BCUT2D eigenvalue weighted by Gasteiger charge is -2.09. The quantitative estimate of drug-likeness (QED) is 0.399. The first-order chi connectivity index (χ1) is 15.8. The first-order valence-corrected chi connectivity index (χ1v) is 11.5. The van der Waals surface area contributed by atoms with Crippen molar-refractivity contribution in [3.05, 3.63) is 101 Å². The minimum atomic E-state index is -4.03. The van der Waals surface area contributed by atoms with Crippen LogP contribution in [0.15, 0.2) is 77.7 Å². The molecule has 3 aromatic carbocycles. The van der Waals surface area contributed by atoms with Crippen molar-refractivity contribution < 1.29 is 17.2 Å². The van der Waals surface area contributed by atoms with Crippen LogP contribution in [0.2, 0.25) is 0 Å². The van der Waals surface area contributed by atoms with Crippen LogP contribution >= 0.6 is 0 Å². The van der Waals surface area contributed by atoms with E-state index in [9.17, 15) is 17.2 Å². The Balaban J connectivity index is 1.62. The molecule has 0 spiro atoms. The third-order valence-corrected chi connectivity index (χ3v) is 6.43. The molecule has 0 radical (unpaired) electrons. The van der Waals surface area contributed by atoms with Gasteiger partial charge in [0.15, 0.2) is 0 Å². The Bertz CT molecular complexity index is 1340. The summed E-state index contributed by atoms with van der Waals surface area (Å²) in [4.78, 5) is 4.35. The molecule has 4 rings (SSSR count). The lowest BCUT2D eigenvalue weighted by atomic mass is 10.2. The van der Waals surface area contributed by atoms with Crippen molar-refractivity contribution in [3.8, 4) is 0 Å². The highest BCUT2D eigenvalue weighted by Gasteiger charge is 2.24. The van der Waals surface area contributed by atoms with Crippen LogP contribution in [-0.2, 0) is 23.1 Å². The van der Waals surface area contributed by atoms with Gasteiger partial charge in [0.05, 0.1) is 4.90 Å². The molecule has 4 aromatic rings. The smallest absolute Gasteiger partial charge is 0.286 e. The van der Waals surface area contributed by atoms with Crippen molar-refractivity contribution in [2.45, 2.75) is 24.9 Å². The van der Waals surface area contributed by atoms with Crippen LogP contribution in [0.25, 0.3) is 0 Å². The molecule has 0 atom stereocenters. The van der Waals surface area contributed by atoms with Crippen molar-refractivity contribution in [1.29, 1.82) is 0 Å². The second-order valence-electron chi connectivity index (χ2n) is 7.38. The van der Waals surface area contributed by atoms with Gasteiger partial charge in [0.2, 0.25) is 11.9 Å². The summed E-state index contributed by atoms with van der Waals surface area (Å²) in [5, 5.41) is 10.1. The molecule has 7 nitrogen and oxygen atoms in total. The van der Waals surface area contributed by atoms with E-state index in [-0.39, 0.29) is 41.5 Å². The molecule has 0 aliphatic heterocycles. The first kappa shape index (κ1) is 22.4. The molecule has 10 heteroatoms. The highest BCUT2D eigenvalue weighted by atomic mass is 32.2. The molecule has 0 aliphatic carbocycles. The lowest BCUT2D eigenvalue weighted by molar-refractivity contribution is 0.580. The fourth-order valence-corrected chi connectivity index (χ4v) is 4.22. The topological polar surface area (TPSA) is 88.9 Å². The van der Waals surface area contributed by atoms with Crippen LogP contribution in [0.4, 0.5) is 20.7 Å². The maximum absolute atomic E-state index is 13.2. The number of rotatable bonds is 8. The Labute approximate surface area is 190 Å². The Morgan fingerprint density at radius 1 is 0.788 bits per heavy atom. The minimum Gasteiger partial charge on any atom is -0.349 e. The summed E-state index contributed by atoms with van der Waals surface area (Å²) < 4.78 is 53.6. The van der Waals surface area contributed by atoms with Crippen molar-refractivity contribution in [2.75, 3.05) is 10.6 Å². The maximum atomic E-state index is 13.2. The molecular formula is C23H21F2N5O2S. The van der Waals surface area contributed by atoms with Crippen molar-refractivity contribution in [2.24, 2.45) is 0 Å². The van der Waals surface area contributed by atoms with E-state index >= 15 is 0 Å². The Morgan fingerprint density at radius 3 is 1.85 bits per heavy atom. The van der Waals surface area contributed by atoms with E-state index in [0.29, 0.717) is 0 Å². The molecule has 0 saturated heterocycles. The first-order valence-electron chi connectivity index (χ1n) is 10.1. The van der Waals surface area contributed by atoms with Gasteiger partial charge in [-0.3, -0.25) is 0 Å². The Morgan fingerprint density at radius 2 is 1.30 bits per heavy atom. The summed E-state index contributed by atoms with van der Waals surface area (Å²) in [5.74, 6) is -0.633. The van der Waals surface area contributed by atoms with E-state index in [4.69, 9.17) is 0 Å². The number of hydrogen-bond acceptors (Lipinski definition) is 6. The standard InChI is InChI=1S/C23H21F2N5O2S/c1-16-2-12-21(13-3-16)33(31,32)30-23(27-15-18-6-10-20(25)11-7-18)28-22(29-30)26-14-17-4-8-19(24)9-5-17/h2-13H,14-15H2,1H3,(H2,26,27,28,29). The van der Waals surface area contributed by atoms with Gasteiger partial charge >= 0.3 is 0 Å². The molecule has 33 heavy (non-hydrogen) atoms. The number of nitrogens with one attached hydrogen (secondary N) is 2. The molecular weight excluding hydrogens is 448 g/mol. The fourth-order valence-electron chi connectivity index (χ4n) is 3.03. The zero-order valence-electron chi connectivity index (χ0n) is 17.7. The molecule has 0 aliphatic rings. The van der Waals surface area contributed by atoms with E-state index in [1.807, 2.05) is 6.92 Å². The number of halogens is 2. The predicted molar refractivity (Wildman–Crippen MR) is 121 cm³/mol. The van der Waals surface area contributed by atoms with E-state index in [1.54, 1.807) is 36.4 Å². The zero-order valence-corrected chi connectivity index (χ0v) is 18.5. The molecule has 2 N–H and O–H groups in total. The molecule has 170 valence electrons. The zero-order chi connectivity index (χ0) is 23.4. The average molecular weight is 470 g/mol. The number of anilines is 2. The van der Waals surface area contributed by atoms with Gasteiger partial charge in [-0.2, -0.15) is 13.4 Å². The van der Waals surface area contributed by atoms with Crippen molar-refractivity contribution in [3.63, 3.8) is 0 Å². The summed E-state index contributed by atoms with van der Waals surface area (Å²) in [6, 6.07) is 18.1. The second kappa shape index (κ2) is 9.37. The van der Waals surface area contributed by atoms with E-state index in [0.717, 1.165) is 20.8 Å². The van der Waals surface area contributed by atoms with Crippen LogP contribution < -0.4 is 10.6 Å². The average Bonchev–Trinajstić information content (AvgIpc) is 3.23. The van der Waals surface area contributed by atoms with Crippen LogP contribution in [0, 0.1) is 18.6 Å². The molecule has 0 bridgehead atoms. The maximum Gasteiger partial charge on any atom is 0.286 e. The fraction of sp³-hybridized carbons (Fsp3) is 0.130. The highest BCUT2D eigenvalue weighted by Crippen LogP contribution is 2.20. The van der Waals surface area contributed by atoms with Crippen LogP contribution in [0.1, 0.15) is 16.7 Å². The van der Waals surface area contributed by atoms with Crippen LogP contribution in [0.3, 0.4) is 0 Å². The van der Waals surface area contributed by atoms with Gasteiger partial charge in [0, 0.05) is 13.1 Å².